The van der Waals surface area contributed by atoms with E-state index in [0.29, 0.717) is 0 Å². The molecule has 4 N–H and O–H groups in total. The van der Waals surface area contributed by atoms with Crippen LogP contribution in [-0.4, -0.2) is 21.9 Å². The van der Waals surface area contributed by atoms with Crippen molar-refractivity contribution in [2.45, 2.75) is 38.5 Å². The molecule has 0 saturated carbocycles. The first-order chi connectivity index (χ1) is 11.7. The van der Waals surface area contributed by atoms with E-state index in [2.05, 4.69) is 10.4 Å². The van der Waals surface area contributed by atoms with Gasteiger partial charge in [0.05, 0.1) is 6.04 Å². The van der Waals surface area contributed by atoms with Gasteiger partial charge in [0.1, 0.15) is 5.82 Å². The molecule has 1 aromatic heterocycles. The van der Waals surface area contributed by atoms with Crippen molar-refractivity contribution in [2.24, 2.45) is 5.84 Å². The molecule has 9 heteroatoms. The standard InChI is InChI=1S/C16H18F3N5O/c1-8-3-4-10(5-9(8)2)11-6-13(16(17,18)19)24-14(21-11)7-12(23-24)15(25)22-20/h3-5,7,11,13,21H,6,20H2,1-2H3,(H,22,25)/t11-,13-/m1/s1. The number of aryl methyl sites for hydroxylation is 2. The topological polar surface area (TPSA) is 85.0 Å². The minimum absolute atomic E-state index is 0.135. The number of rotatable bonds is 2. The highest BCUT2D eigenvalue weighted by molar-refractivity contribution is 5.92. The Labute approximate surface area is 142 Å². The Kier molecular flexibility index (Phi) is 4.19. The fourth-order valence-corrected chi connectivity index (χ4v) is 2.96. The third kappa shape index (κ3) is 3.19. The number of alkyl halides is 3. The smallest absolute Gasteiger partial charge is 0.363 e. The Morgan fingerprint density at radius 2 is 2.04 bits per heavy atom. The number of amides is 1. The second-order valence-corrected chi connectivity index (χ2v) is 6.17. The van der Waals surface area contributed by atoms with E-state index in [0.717, 1.165) is 21.4 Å². The second-order valence-electron chi connectivity index (χ2n) is 6.17. The van der Waals surface area contributed by atoms with Gasteiger partial charge in [0.25, 0.3) is 5.91 Å². The molecule has 2 atom stereocenters. The molecule has 134 valence electrons. The summed E-state index contributed by atoms with van der Waals surface area (Å²) in [6.45, 7) is 3.86. The molecule has 2 aromatic rings. The average molecular weight is 353 g/mol. The predicted octanol–water partition coefficient (Wildman–Crippen LogP) is 2.76. The van der Waals surface area contributed by atoms with Gasteiger partial charge >= 0.3 is 6.18 Å². The van der Waals surface area contributed by atoms with Crippen molar-refractivity contribution >= 4 is 11.7 Å². The maximum absolute atomic E-state index is 13.5. The van der Waals surface area contributed by atoms with E-state index in [4.69, 9.17) is 5.84 Å². The SMILES string of the molecule is Cc1ccc([C@H]2C[C@H](C(F)(F)F)n3nc(C(=O)NN)cc3N2)cc1C. The van der Waals surface area contributed by atoms with Gasteiger partial charge in [0.2, 0.25) is 0 Å². The van der Waals surface area contributed by atoms with Crippen molar-refractivity contribution in [3.8, 4) is 0 Å². The summed E-state index contributed by atoms with van der Waals surface area (Å²) in [4.78, 5) is 11.6. The van der Waals surface area contributed by atoms with Crippen LogP contribution in [0.1, 0.15) is 45.7 Å². The predicted molar refractivity (Wildman–Crippen MR) is 85.9 cm³/mol. The van der Waals surface area contributed by atoms with Crippen molar-refractivity contribution in [3.05, 3.63) is 46.6 Å². The van der Waals surface area contributed by atoms with Gasteiger partial charge in [-0.2, -0.15) is 18.3 Å². The number of hydrogen-bond acceptors (Lipinski definition) is 4. The molecule has 0 bridgehead atoms. The van der Waals surface area contributed by atoms with Crippen LogP contribution in [0.4, 0.5) is 19.0 Å². The van der Waals surface area contributed by atoms with E-state index in [1.54, 1.807) is 0 Å². The normalized spacial score (nSPS) is 19.9. The van der Waals surface area contributed by atoms with Crippen LogP contribution in [0.5, 0.6) is 0 Å². The summed E-state index contributed by atoms with van der Waals surface area (Å²) in [6, 6.07) is 4.48. The lowest BCUT2D eigenvalue weighted by molar-refractivity contribution is -0.173. The van der Waals surface area contributed by atoms with Gasteiger partial charge in [-0.25, -0.2) is 10.5 Å². The Morgan fingerprint density at radius 1 is 1.32 bits per heavy atom. The van der Waals surface area contributed by atoms with Crippen LogP contribution in [0.2, 0.25) is 0 Å². The van der Waals surface area contributed by atoms with Crippen LogP contribution in [-0.2, 0) is 0 Å². The summed E-state index contributed by atoms with van der Waals surface area (Å²) in [5.41, 5.74) is 4.54. The van der Waals surface area contributed by atoms with Gasteiger partial charge in [-0.1, -0.05) is 18.2 Å². The molecule has 0 saturated heterocycles. The van der Waals surface area contributed by atoms with Crippen molar-refractivity contribution < 1.29 is 18.0 Å². The Morgan fingerprint density at radius 3 is 2.64 bits per heavy atom. The number of nitrogen functional groups attached to an aromatic ring is 1. The summed E-state index contributed by atoms with van der Waals surface area (Å²) >= 11 is 0. The third-order valence-electron chi connectivity index (χ3n) is 4.49. The average Bonchev–Trinajstić information content (AvgIpc) is 2.98. The number of benzene rings is 1. The molecule has 0 aliphatic carbocycles. The van der Waals surface area contributed by atoms with Gasteiger partial charge < -0.3 is 5.32 Å². The molecule has 1 aliphatic rings. The van der Waals surface area contributed by atoms with Crippen molar-refractivity contribution in [1.29, 1.82) is 0 Å². The van der Waals surface area contributed by atoms with Crippen molar-refractivity contribution in [3.63, 3.8) is 0 Å². The molecule has 0 spiro atoms. The summed E-state index contributed by atoms with van der Waals surface area (Å²) in [6.07, 6.45) is -4.71. The van der Waals surface area contributed by atoms with Crippen molar-refractivity contribution in [2.75, 3.05) is 5.32 Å². The molecular weight excluding hydrogens is 335 g/mol. The molecule has 1 amide bonds. The zero-order valence-electron chi connectivity index (χ0n) is 13.7. The number of anilines is 1. The zero-order chi connectivity index (χ0) is 18.4. The minimum Gasteiger partial charge on any atom is -0.363 e. The van der Waals surface area contributed by atoms with Crippen LogP contribution >= 0.6 is 0 Å². The zero-order valence-corrected chi connectivity index (χ0v) is 13.7. The Balaban J connectivity index is 2.02. The number of aromatic nitrogens is 2. The van der Waals surface area contributed by atoms with Crippen molar-refractivity contribution in [1.82, 2.24) is 15.2 Å². The molecule has 1 aromatic carbocycles. The first-order valence-corrected chi connectivity index (χ1v) is 7.71. The first-order valence-electron chi connectivity index (χ1n) is 7.71. The molecule has 2 heterocycles. The number of halogens is 3. The van der Waals surface area contributed by atoms with E-state index in [1.807, 2.05) is 37.5 Å². The summed E-state index contributed by atoms with van der Waals surface area (Å²) < 4.78 is 41.4. The molecule has 6 nitrogen and oxygen atoms in total. The number of hydrogen-bond donors (Lipinski definition) is 3. The first kappa shape index (κ1) is 17.3. The van der Waals surface area contributed by atoms with Crippen LogP contribution in [0, 0.1) is 13.8 Å². The van der Waals surface area contributed by atoms with Gasteiger partial charge in [0, 0.05) is 12.5 Å². The van der Waals surface area contributed by atoms with E-state index in [9.17, 15) is 18.0 Å². The lowest BCUT2D eigenvalue weighted by atomic mass is 9.94. The van der Waals surface area contributed by atoms with Crippen LogP contribution < -0.4 is 16.6 Å². The number of hydrazine groups is 1. The van der Waals surface area contributed by atoms with E-state index in [-0.39, 0.29) is 17.9 Å². The largest absolute Gasteiger partial charge is 0.410 e. The van der Waals surface area contributed by atoms with Gasteiger partial charge in [-0.05, 0) is 30.5 Å². The quantitative estimate of drug-likeness (QED) is 0.440. The summed E-state index contributed by atoms with van der Waals surface area (Å²) in [5.74, 6) is 4.43. The van der Waals surface area contributed by atoms with E-state index < -0.39 is 24.2 Å². The number of nitrogens with one attached hydrogen (secondary N) is 2. The lowest BCUT2D eigenvalue weighted by Gasteiger charge is -2.33. The van der Waals surface area contributed by atoms with Crippen LogP contribution in [0.15, 0.2) is 24.3 Å². The molecule has 0 unspecified atom stereocenters. The fraction of sp³-hybridized carbons (Fsp3) is 0.375. The van der Waals surface area contributed by atoms with E-state index >= 15 is 0 Å². The molecule has 0 radical (unpaired) electrons. The Bertz CT molecular complexity index is 815. The monoisotopic (exact) mass is 353 g/mol. The third-order valence-corrected chi connectivity index (χ3v) is 4.49. The number of carbonyl (C=O) groups excluding carboxylic acids is 1. The van der Waals surface area contributed by atoms with E-state index in [1.165, 1.54) is 6.07 Å². The molecule has 3 rings (SSSR count). The summed E-state index contributed by atoms with van der Waals surface area (Å²) in [5, 5.41) is 6.81. The number of nitrogens with two attached hydrogens (primary N) is 1. The minimum atomic E-state index is -4.49. The maximum Gasteiger partial charge on any atom is 0.410 e. The fourth-order valence-electron chi connectivity index (χ4n) is 2.96. The molecule has 25 heavy (non-hydrogen) atoms. The highest BCUT2D eigenvalue weighted by Crippen LogP contribution is 2.43. The molecule has 0 fully saturated rings. The number of fused-ring (bicyclic) bond motifs is 1. The van der Waals surface area contributed by atoms with Crippen LogP contribution in [0.3, 0.4) is 0 Å². The lowest BCUT2D eigenvalue weighted by Crippen LogP contribution is -2.36. The van der Waals surface area contributed by atoms with Gasteiger partial charge in [0.15, 0.2) is 11.7 Å². The Hall–Kier alpha value is -2.55. The highest BCUT2D eigenvalue weighted by atomic mass is 19.4. The summed E-state index contributed by atoms with van der Waals surface area (Å²) in [7, 11) is 0. The maximum atomic E-state index is 13.5. The molecule has 1 aliphatic heterocycles. The molecular formula is C16H18F3N5O. The number of nitrogens with zero attached hydrogens (tertiary/aromatic N) is 2. The van der Waals surface area contributed by atoms with Crippen LogP contribution in [0.25, 0.3) is 0 Å². The second kappa shape index (κ2) is 6.07. The number of carbonyl (C=O) groups is 1. The highest BCUT2D eigenvalue weighted by Gasteiger charge is 2.46. The van der Waals surface area contributed by atoms with Gasteiger partial charge in [-0.15, -0.1) is 0 Å². The van der Waals surface area contributed by atoms with Gasteiger partial charge in [-0.3, -0.25) is 10.2 Å².